The number of nitrogens with one attached hydrogen (secondary N) is 2. The van der Waals surface area contributed by atoms with Gasteiger partial charge in [0.25, 0.3) is 5.56 Å². The van der Waals surface area contributed by atoms with Crippen LogP contribution in [0.1, 0.15) is 11.1 Å². The molecule has 6 nitrogen and oxygen atoms in total. The third-order valence-corrected chi connectivity index (χ3v) is 5.81. The molecule has 2 heterocycles. The molecule has 7 heteroatoms. The van der Waals surface area contributed by atoms with Crippen LogP contribution in [0.3, 0.4) is 0 Å². The number of para-hydroxylation sites is 1. The quantitative estimate of drug-likeness (QED) is 0.272. The number of aromatic nitrogens is 3. The number of benzene rings is 2. The number of fused-ring (bicyclic) bond motifs is 3. The van der Waals surface area contributed by atoms with E-state index >= 15 is 0 Å². The van der Waals surface area contributed by atoms with E-state index < -0.39 is 0 Å². The molecule has 0 aliphatic rings. The summed E-state index contributed by atoms with van der Waals surface area (Å²) in [7, 11) is 0. The first-order chi connectivity index (χ1) is 14.6. The number of amides is 1. The zero-order chi connectivity index (χ0) is 21.1. The van der Waals surface area contributed by atoms with Crippen molar-refractivity contribution < 1.29 is 4.79 Å². The van der Waals surface area contributed by atoms with Gasteiger partial charge in [0.2, 0.25) is 5.91 Å². The highest BCUT2D eigenvalue weighted by molar-refractivity contribution is 7.99. The van der Waals surface area contributed by atoms with E-state index in [9.17, 15) is 9.59 Å². The van der Waals surface area contributed by atoms with E-state index in [-0.39, 0.29) is 17.2 Å². The fourth-order valence-corrected chi connectivity index (χ4v) is 4.10. The van der Waals surface area contributed by atoms with Crippen LogP contribution in [0.2, 0.25) is 0 Å². The predicted octanol–water partition coefficient (Wildman–Crippen LogP) is 3.78. The molecule has 4 rings (SSSR count). The topological polar surface area (TPSA) is 79.8 Å². The lowest BCUT2D eigenvalue weighted by Crippen LogP contribution is -2.26. The van der Waals surface area contributed by atoms with Gasteiger partial charge >= 0.3 is 0 Å². The highest BCUT2D eigenvalue weighted by atomic mass is 32.2. The molecule has 0 fully saturated rings. The predicted molar refractivity (Wildman–Crippen MR) is 122 cm³/mol. The molecule has 30 heavy (non-hydrogen) atoms. The van der Waals surface area contributed by atoms with Crippen LogP contribution in [-0.4, -0.2) is 26.2 Å². The Morgan fingerprint density at radius 3 is 2.77 bits per heavy atom. The van der Waals surface area contributed by atoms with Gasteiger partial charge in [0, 0.05) is 24.0 Å². The van der Waals surface area contributed by atoms with E-state index in [2.05, 4.69) is 16.9 Å². The number of aryl methyl sites for hydroxylation is 1. The number of hydrogen-bond donors (Lipinski definition) is 2. The maximum atomic E-state index is 13.0. The standard InChI is InChI=1S/C23H22N4O2S/c1-3-12-27-22(29)21-20(17-6-4-5-7-18(17)25-21)26-23(27)30-14-19(28)24-13-16-10-8-15(2)9-11-16/h3-11,25H,1,12-14H2,2H3,(H,24,28). The second-order valence-electron chi connectivity index (χ2n) is 7.04. The Morgan fingerprint density at radius 2 is 2.00 bits per heavy atom. The van der Waals surface area contributed by atoms with E-state index in [1.807, 2.05) is 55.5 Å². The van der Waals surface area contributed by atoms with Gasteiger partial charge in [-0.05, 0) is 18.6 Å². The van der Waals surface area contributed by atoms with E-state index in [1.54, 1.807) is 10.6 Å². The lowest BCUT2D eigenvalue weighted by Gasteiger charge is -2.10. The average Bonchev–Trinajstić information content (AvgIpc) is 3.13. The molecule has 0 aliphatic heterocycles. The molecule has 152 valence electrons. The molecule has 0 saturated carbocycles. The number of carbonyl (C=O) groups is 1. The number of hydrogen-bond acceptors (Lipinski definition) is 4. The maximum absolute atomic E-state index is 13.0. The van der Waals surface area contributed by atoms with Crippen LogP contribution in [-0.2, 0) is 17.9 Å². The zero-order valence-corrected chi connectivity index (χ0v) is 17.5. The Morgan fingerprint density at radius 1 is 1.23 bits per heavy atom. The van der Waals surface area contributed by atoms with Crippen molar-refractivity contribution in [3.05, 3.63) is 82.7 Å². The summed E-state index contributed by atoms with van der Waals surface area (Å²) >= 11 is 1.25. The zero-order valence-electron chi connectivity index (χ0n) is 16.6. The van der Waals surface area contributed by atoms with Crippen molar-refractivity contribution >= 4 is 39.6 Å². The largest absolute Gasteiger partial charge is 0.351 e. The number of allylic oxidation sites excluding steroid dienone is 1. The van der Waals surface area contributed by atoms with Crippen molar-refractivity contribution in [2.75, 3.05) is 5.75 Å². The monoisotopic (exact) mass is 418 g/mol. The fourth-order valence-electron chi connectivity index (χ4n) is 3.26. The van der Waals surface area contributed by atoms with Gasteiger partial charge in [0.15, 0.2) is 5.16 Å². The second kappa shape index (κ2) is 8.59. The van der Waals surface area contributed by atoms with Crippen LogP contribution in [0.4, 0.5) is 0 Å². The summed E-state index contributed by atoms with van der Waals surface area (Å²) in [5.74, 6) is 0.0579. The van der Waals surface area contributed by atoms with Crippen LogP contribution in [0.25, 0.3) is 21.9 Å². The van der Waals surface area contributed by atoms with Gasteiger partial charge in [-0.1, -0.05) is 65.9 Å². The molecule has 2 aromatic heterocycles. The molecular weight excluding hydrogens is 396 g/mol. The van der Waals surface area contributed by atoms with Crippen molar-refractivity contribution in [2.24, 2.45) is 0 Å². The third kappa shape index (κ3) is 4.02. The molecule has 0 unspecified atom stereocenters. The van der Waals surface area contributed by atoms with Crippen molar-refractivity contribution in [1.82, 2.24) is 19.9 Å². The van der Waals surface area contributed by atoms with E-state index in [0.29, 0.717) is 29.3 Å². The molecule has 0 atom stereocenters. The first-order valence-electron chi connectivity index (χ1n) is 9.64. The Hall–Kier alpha value is -3.32. The molecule has 1 amide bonds. The molecule has 2 aromatic carbocycles. The van der Waals surface area contributed by atoms with Crippen LogP contribution >= 0.6 is 11.8 Å². The number of carbonyl (C=O) groups excluding carboxylic acids is 1. The van der Waals surface area contributed by atoms with Gasteiger partial charge < -0.3 is 10.3 Å². The highest BCUT2D eigenvalue weighted by Gasteiger charge is 2.16. The third-order valence-electron chi connectivity index (χ3n) is 4.83. The molecule has 0 bridgehead atoms. The smallest absolute Gasteiger partial charge is 0.278 e. The minimum Gasteiger partial charge on any atom is -0.351 e. The second-order valence-corrected chi connectivity index (χ2v) is 7.99. The molecule has 0 spiro atoms. The number of nitrogens with zero attached hydrogens (tertiary/aromatic N) is 2. The summed E-state index contributed by atoms with van der Waals surface area (Å²) < 4.78 is 1.54. The Balaban J connectivity index is 1.56. The molecule has 0 saturated heterocycles. The summed E-state index contributed by atoms with van der Waals surface area (Å²) in [4.78, 5) is 33.3. The van der Waals surface area contributed by atoms with Gasteiger partial charge in [-0.15, -0.1) is 6.58 Å². The summed E-state index contributed by atoms with van der Waals surface area (Å²) in [6.45, 7) is 6.56. The first-order valence-corrected chi connectivity index (χ1v) is 10.6. The lowest BCUT2D eigenvalue weighted by atomic mass is 10.1. The molecular formula is C23H22N4O2S. The molecule has 4 aromatic rings. The van der Waals surface area contributed by atoms with Gasteiger partial charge in [0.05, 0.1) is 5.75 Å². The van der Waals surface area contributed by atoms with Crippen molar-refractivity contribution in [1.29, 1.82) is 0 Å². The highest BCUT2D eigenvalue weighted by Crippen LogP contribution is 2.24. The van der Waals surface area contributed by atoms with Crippen molar-refractivity contribution in [3.63, 3.8) is 0 Å². The van der Waals surface area contributed by atoms with Crippen LogP contribution in [0, 0.1) is 6.92 Å². The average molecular weight is 419 g/mol. The molecule has 0 aliphatic carbocycles. The number of rotatable bonds is 7. The fraction of sp³-hybridized carbons (Fsp3) is 0.174. The Labute approximate surface area is 178 Å². The summed E-state index contributed by atoms with van der Waals surface area (Å²) in [5.41, 5.74) is 4.00. The van der Waals surface area contributed by atoms with Crippen molar-refractivity contribution in [2.45, 2.75) is 25.2 Å². The molecule has 0 radical (unpaired) electrons. The number of thioether (sulfide) groups is 1. The van der Waals surface area contributed by atoms with Gasteiger partial charge in [-0.2, -0.15) is 0 Å². The van der Waals surface area contributed by atoms with E-state index in [0.717, 1.165) is 16.5 Å². The van der Waals surface area contributed by atoms with Crippen LogP contribution < -0.4 is 10.9 Å². The number of aromatic amines is 1. The normalized spacial score (nSPS) is 11.1. The summed E-state index contributed by atoms with van der Waals surface area (Å²) in [6, 6.07) is 15.7. The SMILES string of the molecule is C=CCn1c(SCC(=O)NCc2ccc(C)cc2)nc2c([nH]c3ccccc32)c1=O. The minimum atomic E-state index is -0.168. The first kappa shape index (κ1) is 20.0. The van der Waals surface area contributed by atoms with Gasteiger partial charge in [-0.3, -0.25) is 14.2 Å². The Kier molecular flexibility index (Phi) is 5.72. The van der Waals surface area contributed by atoms with Gasteiger partial charge in [-0.25, -0.2) is 4.98 Å². The van der Waals surface area contributed by atoms with Gasteiger partial charge in [0.1, 0.15) is 11.0 Å². The summed E-state index contributed by atoms with van der Waals surface area (Å²) in [6.07, 6.45) is 1.65. The Bertz CT molecular complexity index is 1290. The van der Waals surface area contributed by atoms with E-state index in [1.165, 1.54) is 17.3 Å². The van der Waals surface area contributed by atoms with Crippen molar-refractivity contribution in [3.8, 4) is 0 Å². The minimum absolute atomic E-state index is 0.112. The number of H-pyrrole nitrogens is 1. The summed E-state index contributed by atoms with van der Waals surface area (Å²) in [5, 5.41) is 4.31. The van der Waals surface area contributed by atoms with Crippen LogP contribution in [0.5, 0.6) is 0 Å². The maximum Gasteiger partial charge on any atom is 0.278 e. The lowest BCUT2D eigenvalue weighted by molar-refractivity contribution is -0.118. The van der Waals surface area contributed by atoms with Crippen LogP contribution in [0.15, 0.2) is 71.1 Å². The molecule has 2 N–H and O–H groups in total. The van der Waals surface area contributed by atoms with E-state index in [4.69, 9.17) is 4.98 Å².